The largest absolute Gasteiger partial charge is 0.384 e. The highest BCUT2D eigenvalue weighted by molar-refractivity contribution is 7.99. The molecular formula is C13H21N3O3S2. The number of thioether (sulfide) groups is 1. The Morgan fingerprint density at radius 1 is 1.52 bits per heavy atom. The first-order valence-corrected chi connectivity index (χ1v) is 8.59. The minimum absolute atomic E-state index is 0.233. The van der Waals surface area contributed by atoms with E-state index in [9.17, 15) is 14.7 Å². The third-order valence-electron chi connectivity index (χ3n) is 2.72. The zero-order valence-corrected chi connectivity index (χ0v) is 13.7. The van der Waals surface area contributed by atoms with Gasteiger partial charge in [-0.15, -0.1) is 11.3 Å². The van der Waals surface area contributed by atoms with Crippen LogP contribution in [0, 0.1) is 0 Å². The molecule has 1 unspecified atom stereocenters. The van der Waals surface area contributed by atoms with Crippen LogP contribution in [0.4, 0.5) is 0 Å². The zero-order chi connectivity index (χ0) is 15.8. The number of thiazole rings is 1. The zero-order valence-electron chi connectivity index (χ0n) is 12.1. The average molecular weight is 331 g/mol. The van der Waals surface area contributed by atoms with Gasteiger partial charge in [0, 0.05) is 6.04 Å². The summed E-state index contributed by atoms with van der Waals surface area (Å²) in [5, 5.41) is 12.8. The van der Waals surface area contributed by atoms with Crippen molar-refractivity contribution < 1.29 is 14.7 Å². The molecule has 4 N–H and O–H groups in total. The highest BCUT2D eigenvalue weighted by atomic mass is 32.2. The molecule has 0 saturated carbocycles. The molecule has 1 rings (SSSR count). The van der Waals surface area contributed by atoms with E-state index in [1.807, 2.05) is 0 Å². The first kappa shape index (κ1) is 18.1. The number of nitrogens with zero attached hydrogens (tertiary/aromatic N) is 1. The molecule has 0 radical (unpaired) electrons. The summed E-state index contributed by atoms with van der Waals surface area (Å²) in [5.41, 5.74) is 7.34. The fourth-order valence-electron chi connectivity index (χ4n) is 1.52. The van der Waals surface area contributed by atoms with Crippen molar-refractivity contribution in [1.82, 2.24) is 10.3 Å². The van der Waals surface area contributed by atoms with Crippen molar-refractivity contribution in [2.24, 2.45) is 5.73 Å². The van der Waals surface area contributed by atoms with Crippen molar-refractivity contribution in [3.63, 3.8) is 0 Å². The van der Waals surface area contributed by atoms with Gasteiger partial charge < -0.3 is 16.2 Å². The molecule has 0 spiro atoms. The highest BCUT2D eigenvalue weighted by Crippen LogP contribution is 2.12. The molecule has 0 fully saturated rings. The molecule has 1 amide bonds. The van der Waals surface area contributed by atoms with Crippen LogP contribution in [-0.4, -0.2) is 51.5 Å². The van der Waals surface area contributed by atoms with Crippen molar-refractivity contribution in [2.75, 3.05) is 12.3 Å². The molecule has 0 bridgehead atoms. The first-order valence-electron chi connectivity index (χ1n) is 6.66. The van der Waals surface area contributed by atoms with Crippen LogP contribution in [0.2, 0.25) is 0 Å². The summed E-state index contributed by atoms with van der Waals surface area (Å²) < 4.78 is 0. The number of nitrogens with two attached hydrogens (primary N) is 1. The fraction of sp³-hybridized carbons (Fsp3) is 0.615. The Morgan fingerprint density at radius 2 is 2.24 bits per heavy atom. The molecule has 1 aromatic heterocycles. The fourth-order valence-corrected chi connectivity index (χ4v) is 2.94. The van der Waals surface area contributed by atoms with Crippen molar-refractivity contribution in [2.45, 2.75) is 37.7 Å². The van der Waals surface area contributed by atoms with E-state index in [0.717, 1.165) is 5.75 Å². The molecule has 0 aliphatic heterocycles. The van der Waals surface area contributed by atoms with Gasteiger partial charge in [-0.25, -0.2) is 0 Å². The smallest absolute Gasteiger partial charge is 0.263 e. The summed E-state index contributed by atoms with van der Waals surface area (Å²) in [6.07, 6.45) is 0.730. The van der Waals surface area contributed by atoms with Gasteiger partial charge in [-0.3, -0.25) is 14.6 Å². The van der Waals surface area contributed by atoms with Crippen LogP contribution in [-0.2, 0) is 4.79 Å². The number of aliphatic hydroxyl groups excluding tert-OH is 1. The second-order valence-corrected chi connectivity index (χ2v) is 7.40. The third kappa shape index (κ3) is 6.56. The summed E-state index contributed by atoms with van der Waals surface area (Å²) in [6.45, 7) is 3.92. The number of carbonyl (C=O) groups excluding carboxylic acids is 2. The molecule has 1 heterocycles. The van der Waals surface area contributed by atoms with Gasteiger partial charge in [0.05, 0.1) is 18.3 Å². The van der Waals surface area contributed by atoms with Crippen LogP contribution in [0.3, 0.4) is 0 Å². The van der Waals surface area contributed by atoms with Crippen LogP contribution < -0.4 is 11.1 Å². The van der Waals surface area contributed by atoms with Crippen molar-refractivity contribution in [1.29, 1.82) is 0 Å². The van der Waals surface area contributed by atoms with Crippen molar-refractivity contribution >= 4 is 34.8 Å². The van der Waals surface area contributed by atoms with E-state index in [1.165, 1.54) is 23.0 Å². The molecule has 21 heavy (non-hydrogen) atoms. The van der Waals surface area contributed by atoms with E-state index in [0.29, 0.717) is 16.5 Å². The SMILES string of the molecule is CC(C)SCC[C@@H](N)C(O)C(=O)CNC(=O)c1cncs1. The van der Waals surface area contributed by atoms with Crippen molar-refractivity contribution in [3.8, 4) is 0 Å². The summed E-state index contributed by atoms with van der Waals surface area (Å²) >= 11 is 2.91. The summed E-state index contributed by atoms with van der Waals surface area (Å²) in [4.78, 5) is 27.6. The Bertz CT molecular complexity index is 452. The number of Topliss-reactive ketones (excluding diaryl/α,β-unsaturated/α-hetero) is 1. The Balaban J connectivity index is 2.31. The number of aromatic nitrogens is 1. The number of carbonyl (C=O) groups is 2. The topological polar surface area (TPSA) is 105 Å². The minimum Gasteiger partial charge on any atom is -0.384 e. The number of rotatable bonds is 9. The Hall–Kier alpha value is -0.960. The maximum Gasteiger partial charge on any atom is 0.263 e. The van der Waals surface area contributed by atoms with Crippen LogP contribution in [0.5, 0.6) is 0 Å². The lowest BCUT2D eigenvalue weighted by molar-refractivity contribution is -0.127. The van der Waals surface area contributed by atoms with E-state index in [4.69, 9.17) is 5.73 Å². The number of amides is 1. The van der Waals surface area contributed by atoms with Gasteiger partial charge in [0.1, 0.15) is 11.0 Å². The number of hydrogen-bond acceptors (Lipinski definition) is 7. The molecule has 0 aliphatic rings. The predicted molar refractivity (Wildman–Crippen MR) is 85.6 cm³/mol. The standard InChI is InChI=1S/C13H21N3O3S2/c1-8(2)20-4-3-9(14)12(18)10(17)5-16-13(19)11-6-15-7-21-11/h6-9,12,18H,3-5,14H2,1-2H3,(H,16,19)/t9-,12?/m1/s1. The molecular weight excluding hydrogens is 310 g/mol. The summed E-state index contributed by atoms with van der Waals surface area (Å²) in [6, 6.07) is -0.607. The highest BCUT2D eigenvalue weighted by Gasteiger charge is 2.23. The number of aliphatic hydroxyl groups is 1. The lowest BCUT2D eigenvalue weighted by atomic mass is 10.1. The lowest BCUT2D eigenvalue weighted by Gasteiger charge is -2.18. The molecule has 1 aromatic rings. The van der Waals surface area contributed by atoms with Gasteiger partial charge in [0.2, 0.25) is 0 Å². The average Bonchev–Trinajstić information content (AvgIpc) is 2.97. The molecule has 0 aromatic carbocycles. The van der Waals surface area contributed by atoms with Gasteiger partial charge in [-0.05, 0) is 17.4 Å². The molecule has 2 atom stereocenters. The van der Waals surface area contributed by atoms with Gasteiger partial charge in [-0.1, -0.05) is 13.8 Å². The van der Waals surface area contributed by atoms with Gasteiger partial charge in [0.25, 0.3) is 5.91 Å². The molecule has 6 nitrogen and oxygen atoms in total. The predicted octanol–water partition coefficient (Wildman–Crippen LogP) is 0.662. The molecule has 8 heteroatoms. The van der Waals surface area contributed by atoms with E-state index < -0.39 is 17.9 Å². The number of hydrogen-bond donors (Lipinski definition) is 3. The number of ketones is 1. The van der Waals surface area contributed by atoms with Gasteiger partial charge in [0.15, 0.2) is 5.78 Å². The minimum atomic E-state index is -1.25. The van der Waals surface area contributed by atoms with E-state index in [2.05, 4.69) is 24.1 Å². The third-order valence-corrected chi connectivity index (χ3v) is 4.63. The lowest BCUT2D eigenvalue weighted by Crippen LogP contribution is -2.45. The summed E-state index contributed by atoms with van der Waals surface area (Å²) in [5.74, 6) is -0.0620. The maximum atomic E-state index is 11.8. The van der Waals surface area contributed by atoms with Crippen molar-refractivity contribution in [3.05, 3.63) is 16.6 Å². The Morgan fingerprint density at radius 3 is 2.81 bits per heavy atom. The van der Waals surface area contributed by atoms with E-state index >= 15 is 0 Å². The Kier molecular flexibility index (Phi) is 7.87. The quantitative estimate of drug-likeness (QED) is 0.614. The normalized spacial score (nSPS) is 14.0. The van der Waals surface area contributed by atoms with Crippen LogP contribution >= 0.6 is 23.1 Å². The monoisotopic (exact) mass is 331 g/mol. The molecule has 0 aliphatic carbocycles. The van der Waals surface area contributed by atoms with Gasteiger partial charge in [-0.2, -0.15) is 11.8 Å². The van der Waals surface area contributed by atoms with Crippen LogP contribution in [0.15, 0.2) is 11.7 Å². The molecule has 0 saturated heterocycles. The summed E-state index contributed by atoms with van der Waals surface area (Å²) in [7, 11) is 0. The van der Waals surface area contributed by atoms with Gasteiger partial charge >= 0.3 is 0 Å². The number of nitrogens with one attached hydrogen (secondary N) is 1. The second-order valence-electron chi connectivity index (χ2n) is 4.83. The van der Waals surface area contributed by atoms with E-state index in [-0.39, 0.29) is 12.5 Å². The van der Waals surface area contributed by atoms with Crippen LogP contribution in [0.1, 0.15) is 29.9 Å². The molecule has 118 valence electrons. The Labute approximate surface area is 132 Å². The van der Waals surface area contributed by atoms with Crippen LogP contribution in [0.25, 0.3) is 0 Å². The second kappa shape index (κ2) is 9.14. The maximum absolute atomic E-state index is 11.8. The first-order chi connectivity index (χ1) is 9.91. The van der Waals surface area contributed by atoms with E-state index in [1.54, 1.807) is 11.8 Å².